The van der Waals surface area contributed by atoms with Gasteiger partial charge in [0.15, 0.2) is 5.82 Å². The zero-order valence-electron chi connectivity index (χ0n) is 6.92. The summed E-state index contributed by atoms with van der Waals surface area (Å²) in [5.41, 5.74) is 10.3. The Bertz CT molecular complexity index is 317. The molecule has 1 aromatic heterocycles. The molecule has 0 radical (unpaired) electrons. The maximum Gasteiger partial charge on any atom is 0.280 e. The molecule has 0 aliphatic carbocycles. The van der Waals surface area contributed by atoms with E-state index in [-0.39, 0.29) is 17.3 Å². The molecule has 0 fully saturated rings. The van der Waals surface area contributed by atoms with Crippen LogP contribution in [-0.2, 0) is 0 Å². The van der Waals surface area contributed by atoms with Crippen LogP contribution in [0.4, 0.5) is 20.3 Å². The average molecular weight is 189 g/mol. The monoisotopic (exact) mass is 189 g/mol. The standard InChI is InChI=1S/C7H9F2N3O/c1-13-4-2-3(6(8)9)12-7(11)5(4)10/h2,6H,10H2,1H3,(H2,11,12). The van der Waals surface area contributed by atoms with E-state index < -0.39 is 12.1 Å². The highest BCUT2D eigenvalue weighted by molar-refractivity contribution is 5.67. The molecule has 0 bridgehead atoms. The lowest BCUT2D eigenvalue weighted by Gasteiger charge is -2.08. The van der Waals surface area contributed by atoms with Gasteiger partial charge in [-0.05, 0) is 0 Å². The van der Waals surface area contributed by atoms with Crippen molar-refractivity contribution < 1.29 is 13.5 Å². The number of hydrogen-bond acceptors (Lipinski definition) is 4. The molecule has 0 saturated carbocycles. The Morgan fingerprint density at radius 3 is 2.54 bits per heavy atom. The Morgan fingerprint density at radius 1 is 1.46 bits per heavy atom. The molecule has 0 aliphatic rings. The highest BCUT2D eigenvalue weighted by Crippen LogP contribution is 2.30. The molecular formula is C7H9F2N3O. The van der Waals surface area contributed by atoms with Crippen molar-refractivity contribution in [2.75, 3.05) is 18.6 Å². The highest BCUT2D eigenvalue weighted by atomic mass is 19.3. The van der Waals surface area contributed by atoms with E-state index in [9.17, 15) is 8.78 Å². The van der Waals surface area contributed by atoms with Gasteiger partial charge < -0.3 is 16.2 Å². The zero-order valence-corrected chi connectivity index (χ0v) is 6.92. The van der Waals surface area contributed by atoms with Crippen LogP contribution in [0.5, 0.6) is 5.75 Å². The Balaban J connectivity index is 3.22. The fourth-order valence-corrected chi connectivity index (χ4v) is 0.851. The van der Waals surface area contributed by atoms with Crippen LogP contribution in [0.15, 0.2) is 6.07 Å². The Labute approximate surface area is 73.5 Å². The Morgan fingerprint density at radius 2 is 2.08 bits per heavy atom. The number of alkyl halides is 2. The van der Waals surface area contributed by atoms with E-state index in [0.29, 0.717) is 0 Å². The van der Waals surface area contributed by atoms with Gasteiger partial charge in [0.05, 0.1) is 7.11 Å². The number of hydrogen-bond donors (Lipinski definition) is 2. The minimum atomic E-state index is -2.68. The molecule has 0 aromatic carbocycles. The molecule has 1 aromatic rings. The number of nitrogens with two attached hydrogens (primary N) is 2. The molecule has 0 aliphatic heterocycles. The minimum Gasteiger partial charge on any atom is -0.494 e. The SMILES string of the molecule is COc1cc(C(F)F)nc(N)c1N. The summed E-state index contributed by atoms with van der Waals surface area (Å²) in [4.78, 5) is 3.40. The van der Waals surface area contributed by atoms with Crippen LogP contribution in [-0.4, -0.2) is 12.1 Å². The van der Waals surface area contributed by atoms with Gasteiger partial charge in [0.25, 0.3) is 6.43 Å². The number of ether oxygens (including phenoxy) is 1. The third-order valence-corrected chi connectivity index (χ3v) is 1.51. The van der Waals surface area contributed by atoms with Crippen LogP contribution >= 0.6 is 0 Å². The van der Waals surface area contributed by atoms with Crippen LogP contribution in [0.1, 0.15) is 12.1 Å². The molecule has 0 saturated heterocycles. The minimum absolute atomic E-state index is 0.0758. The molecule has 1 rings (SSSR count). The number of pyridine rings is 1. The van der Waals surface area contributed by atoms with E-state index in [4.69, 9.17) is 16.2 Å². The predicted molar refractivity (Wildman–Crippen MR) is 44.6 cm³/mol. The Hall–Kier alpha value is -1.59. The largest absolute Gasteiger partial charge is 0.494 e. The lowest BCUT2D eigenvalue weighted by atomic mass is 10.3. The van der Waals surface area contributed by atoms with Crippen molar-refractivity contribution in [1.82, 2.24) is 4.98 Å². The smallest absolute Gasteiger partial charge is 0.280 e. The van der Waals surface area contributed by atoms with Gasteiger partial charge in [0.2, 0.25) is 0 Å². The van der Waals surface area contributed by atoms with E-state index in [1.807, 2.05) is 0 Å². The molecule has 4 N–H and O–H groups in total. The fourth-order valence-electron chi connectivity index (χ4n) is 0.851. The normalized spacial score (nSPS) is 10.5. The second kappa shape index (κ2) is 3.42. The van der Waals surface area contributed by atoms with Crippen LogP contribution in [0.3, 0.4) is 0 Å². The average Bonchev–Trinajstić information content (AvgIpc) is 2.09. The van der Waals surface area contributed by atoms with E-state index in [1.54, 1.807) is 0 Å². The summed E-state index contributed by atoms with van der Waals surface area (Å²) in [5, 5.41) is 0. The number of halogens is 2. The van der Waals surface area contributed by atoms with E-state index in [1.165, 1.54) is 7.11 Å². The first-order valence-corrected chi connectivity index (χ1v) is 3.44. The van der Waals surface area contributed by atoms with Crippen LogP contribution in [0.2, 0.25) is 0 Å². The topological polar surface area (TPSA) is 74.2 Å². The first-order valence-electron chi connectivity index (χ1n) is 3.44. The number of rotatable bonds is 2. The molecule has 0 atom stereocenters. The molecule has 4 nitrogen and oxygen atoms in total. The van der Waals surface area contributed by atoms with Crippen molar-refractivity contribution in [3.05, 3.63) is 11.8 Å². The van der Waals surface area contributed by atoms with Crippen molar-refractivity contribution in [2.24, 2.45) is 0 Å². The molecule has 0 amide bonds. The predicted octanol–water partition coefficient (Wildman–Crippen LogP) is 1.19. The molecule has 72 valence electrons. The third-order valence-electron chi connectivity index (χ3n) is 1.51. The number of nitrogens with zero attached hydrogens (tertiary/aromatic N) is 1. The maximum atomic E-state index is 12.2. The second-order valence-corrected chi connectivity index (χ2v) is 2.35. The molecule has 1 heterocycles. The summed E-state index contributed by atoms with van der Waals surface area (Å²) in [6.07, 6.45) is -2.68. The highest BCUT2D eigenvalue weighted by Gasteiger charge is 2.14. The zero-order chi connectivity index (χ0) is 10.0. The van der Waals surface area contributed by atoms with Gasteiger partial charge in [-0.1, -0.05) is 0 Å². The van der Waals surface area contributed by atoms with Gasteiger partial charge in [0.1, 0.15) is 17.1 Å². The molecule has 6 heteroatoms. The summed E-state index contributed by atoms with van der Waals surface area (Å²) in [6, 6.07) is 1.07. The van der Waals surface area contributed by atoms with Crippen molar-refractivity contribution >= 4 is 11.5 Å². The van der Waals surface area contributed by atoms with Gasteiger partial charge in [-0.3, -0.25) is 0 Å². The van der Waals surface area contributed by atoms with E-state index in [2.05, 4.69) is 4.98 Å². The first-order chi connectivity index (χ1) is 6.06. The van der Waals surface area contributed by atoms with Gasteiger partial charge >= 0.3 is 0 Å². The van der Waals surface area contributed by atoms with Gasteiger partial charge in [-0.15, -0.1) is 0 Å². The van der Waals surface area contributed by atoms with Gasteiger partial charge in [-0.25, -0.2) is 13.8 Å². The molecular weight excluding hydrogens is 180 g/mol. The summed E-state index contributed by atoms with van der Waals surface area (Å²) < 4.78 is 29.1. The lowest BCUT2D eigenvalue weighted by Crippen LogP contribution is -2.04. The maximum absolute atomic E-state index is 12.2. The van der Waals surface area contributed by atoms with E-state index in [0.717, 1.165) is 6.07 Å². The third kappa shape index (κ3) is 1.77. The van der Waals surface area contributed by atoms with Crippen molar-refractivity contribution in [3.8, 4) is 5.75 Å². The summed E-state index contributed by atoms with van der Waals surface area (Å²) in [5.74, 6) is -0.0301. The second-order valence-electron chi connectivity index (χ2n) is 2.35. The summed E-state index contributed by atoms with van der Waals surface area (Å²) in [7, 11) is 1.32. The molecule has 0 spiro atoms. The van der Waals surface area contributed by atoms with Crippen molar-refractivity contribution in [1.29, 1.82) is 0 Å². The Kier molecular flexibility index (Phi) is 2.50. The number of anilines is 2. The van der Waals surface area contributed by atoms with Crippen molar-refractivity contribution in [3.63, 3.8) is 0 Å². The molecule has 13 heavy (non-hydrogen) atoms. The first kappa shape index (κ1) is 9.50. The van der Waals surface area contributed by atoms with Crippen LogP contribution in [0, 0.1) is 0 Å². The lowest BCUT2D eigenvalue weighted by molar-refractivity contribution is 0.146. The number of nitrogen functional groups attached to an aromatic ring is 2. The van der Waals surface area contributed by atoms with Gasteiger partial charge in [-0.2, -0.15) is 0 Å². The van der Waals surface area contributed by atoms with Crippen molar-refractivity contribution in [2.45, 2.75) is 6.43 Å². The number of aromatic nitrogens is 1. The quantitative estimate of drug-likeness (QED) is 0.732. The van der Waals surface area contributed by atoms with Crippen LogP contribution in [0.25, 0.3) is 0 Å². The van der Waals surface area contributed by atoms with Crippen LogP contribution < -0.4 is 16.2 Å². The molecule has 0 unspecified atom stereocenters. The van der Waals surface area contributed by atoms with Gasteiger partial charge in [0, 0.05) is 6.07 Å². The van der Waals surface area contributed by atoms with E-state index >= 15 is 0 Å². The summed E-state index contributed by atoms with van der Waals surface area (Å²) in [6.45, 7) is 0. The number of methoxy groups -OCH3 is 1. The fraction of sp³-hybridized carbons (Fsp3) is 0.286. The summed E-state index contributed by atoms with van der Waals surface area (Å²) >= 11 is 0.